The van der Waals surface area contributed by atoms with Gasteiger partial charge in [0.15, 0.2) is 0 Å². The van der Waals surface area contributed by atoms with Crippen LogP contribution in [0.2, 0.25) is 0 Å². The van der Waals surface area contributed by atoms with Gasteiger partial charge in [-0.25, -0.2) is 0 Å². The number of nitrogens with one attached hydrogen (secondary N) is 1. The van der Waals surface area contributed by atoms with E-state index in [0.717, 1.165) is 6.42 Å². The average molecular weight is 243 g/mol. The van der Waals surface area contributed by atoms with Gasteiger partial charge in [-0.2, -0.15) is 0 Å². The molecule has 0 amide bonds. The van der Waals surface area contributed by atoms with Gasteiger partial charge in [-0.15, -0.1) is 0 Å². The standard InChI is InChI=1S/C13H25NO3/c15-12(7-11-3-1-2-4-11)8-14-9-13(16)5-6-17-10-13/h11-12,14-16H,1-10H2. The molecule has 2 aliphatic rings. The fourth-order valence-electron chi connectivity index (χ4n) is 2.92. The van der Waals surface area contributed by atoms with Crippen molar-refractivity contribution in [3.8, 4) is 0 Å². The first-order chi connectivity index (χ1) is 8.18. The summed E-state index contributed by atoms with van der Waals surface area (Å²) < 4.78 is 5.17. The van der Waals surface area contributed by atoms with Gasteiger partial charge in [-0.3, -0.25) is 0 Å². The van der Waals surface area contributed by atoms with Crippen molar-refractivity contribution in [2.75, 3.05) is 26.3 Å². The summed E-state index contributed by atoms with van der Waals surface area (Å²) in [6.07, 6.45) is 6.51. The van der Waals surface area contributed by atoms with Crippen LogP contribution in [-0.4, -0.2) is 48.2 Å². The molecule has 1 aliphatic heterocycles. The molecule has 4 nitrogen and oxygen atoms in total. The van der Waals surface area contributed by atoms with E-state index in [2.05, 4.69) is 5.32 Å². The lowest BCUT2D eigenvalue weighted by atomic mass is 9.99. The van der Waals surface area contributed by atoms with Gasteiger partial charge in [0.2, 0.25) is 0 Å². The highest BCUT2D eigenvalue weighted by Crippen LogP contribution is 2.28. The zero-order valence-corrected chi connectivity index (χ0v) is 10.5. The zero-order valence-electron chi connectivity index (χ0n) is 10.5. The average Bonchev–Trinajstić information content (AvgIpc) is 2.90. The van der Waals surface area contributed by atoms with Gasteiger partial charge in [-0.1, -0.05) is 25.7 Å². The predicted molar refractivity (Wildman–Crippen MR) is 65.8 cm³/mol. The van der Waals surface area contributed by atoms with Crippen LogP contribution in [0.25, 0.3) is 0 Å². The molecule has 4 heteroatoms. The van der Waals surface area contributed by atoms with Crippen LogP contribution in [0.1, 0.15) is 38.5 Å². The zero-order chi connectivity index (χ0) is 12.1. The lowest BCUT2D eigenvalue weighted by molar-refractivity contribution is 0.0237. The fourth-order valence-corrected chi connectivity index (χ4v) is 2.92. The molecule has 17 heavy (non-hydrogen) atoms. The van der Waals surface area contributed by atoms with Crippen molar-refractivity contribution < 1.29 is 14.9 Å². The van der Waals surface area contributed by atoms with Crippen molar-refractivity contribution in [2.45, 2.75) is 50.2 Å². The van der Waals surface area contributed by atoms with E-state index in [0.29, 0.717) is 38.6 Å². The molecule has 0 aromatic carbocycles. The summed E-state index contributed by atoms with van der Waals surface area (Å²) in [4.78, 5) is 0. The maximum absolute atomic E-state index is 10.0. The van der Waals surface area contributed by atoms with Crippen LogP contribution in [0.3, 0.4) is 0 Å². The molecule has 2 unspecified atom stereocenters. The Kier molecular flexibility index (Phi) is 4.79. The Balaban J connectivity index is 1.57. The van der Waals surface area contributed by atoms with Gasteiger partial charge in [0.05, 0.1) is 12.7 Å². The molecule has 1 heterocycles. The first-order valence-corrected chi connectivity index (χ1v) is 6.87. The number of hydrogen-bond donors (Lipinski definition) is 3. The van der Waals surface area contributed by atoms with Crippen LogP contribution in [0.4, 0.5) is 0 Å². The molecule has 0 bridgehead atoms. The lowest BCUT2D eigenvalue weighted by Crippen LogP contribution is -2.43. The van der Waals surface area contributed by atoms with E-state index in [1.807, 2.05) is 0 Å². The molecule has 2 fully saturated rings. The minimum Gasteiger partial charge on any atom is -0.392 e. The van der Waals surface area contributed by atoms with E-state index in [1.165, 1.54) is 25.7 Å². The van der Waals surface area contributed by atoms with Crippen LogP contribution < -0.4 is 5.32 Å². The summed E-state index contributed by atoms with van der Waals surface area (Å²) in [5, 5.41) is 23.1. The highest BCUT2D eigenvalue weighted by Gasteiger charge is 2.31. The molecule has 0 radical (unpaired) electrons. The molecule has 2 atom stereocenters. The summed E-state index contributed by atoms with van der Waals surface area (Å²) >= 11 is 0. The first-order valence-electron chi connectivity index (χ1n) is 6.87. The molecule has 2 rings (SSSR count). The molecular weight excluding hydrogens is 218 g/mol. The van der Waals surface area contributed by atoms with E-state index in [1.54, 1.807) is 0 Å². The number of rotatable bonds is 6. The number of aliphatic hydroxyl groups excluding tert-OH is 1. The van der Waals surface area contributed by atoms with Crippen LogP contribution in [0.5, 0.6) is 0 Å². The summed E-state index contributed by atoms with van der Waals surface area (Å²) in [6, 6.07) is 0. The van der Waals surface area contributed by atoms with Crippen molar-refractivity contribution in [1.29, 1.82) is 0 Å². The van der Waals surface area contributed by atoms with Gasteiger partial charge in [0, 0.05) is 26.1 Å². The quantitative estimate of drug-likeness (QED) is 0.641. The molecule has 1 saturated heterocycles. The summed E-state index contributed by atoms with van der Waals surface area (Å²) in [7, 11) is 0. The Morgan fingerprint density at radius 3 is 2.76 bits per heavy atom. The Labute approximate surface area is 103 Å². The van der Waals surface area contributed by atoms with Gasteiger partial charge in [0.25, 0.3) is 0 Å². The maximum Gasteiger partial charge on any atom is 0.102 e. The third-order valence-electron chi connectivity index (χ3n) is 4.00. The van der Waals surface area contributed by atoms with Gasteiger partial charge in [-0.05, 0) is 12.3 Å². The van der Waals surface area contributed by atoms with Crippen LogP contribution in [0.15, 0.2) is 0 Å². The molecule has 0 aromatic rings. The second-order valence-electron chi connectivity index (χ2n) is 5.70. The highest BCUT2D eigenvalue weighted by atomic mass is 16.5. The van der Waals surface area contributed by atoms with E-state index >= 15 is 0 Å². The summed E-state index contributed by atoms with van der Waals surface area (Å²) in [5.74, 6) is 0.713. The number of aliphatic hydroxyl groups is 2. The maximum atomic E-state index is 10.0. The van der Waals surface area contributed by atoms with Gasteiger partial charge >= 0.3 is 0 Å². The monoisotopic (exact) mass is 243 g/mol. The van der Waals surface area contributed by atoms with Gasteiger partial charge < -0.3 is 20.3 Å². The largest absolute Gasteiger partial charge is 0.392 e. The summed E-state index contributed by atoms with van der Waals surface area (Å²) in [5.41, 5.74) is -0.715. The smallest absolute Gasteiger partial charge is 0.102 e. The molecule has 3 N–H and O–H groups in total. The van der Waals surface area contributed by atoms with E-state index in [-0.39, 0.29) is 6.10 Å². The third kappa shape index (κ3) is 4.21. The second-order valence-corrected chi connectivity index (χ2v) is 5.70. The Hall–Kier alpha value is -0.160. The minimum absolute atomic E-state index is 0.274. The Morgan fingerprint density at radius 1 is 1.35 bits per heavy atom. The van der Waals surface area contributed by atoms with Crippen LogP contribution >= 0.6 is 0 Å². The van der Waals surface area contributed by atoms with Crippen molar-refractivity contribution in [2.24, 2.45) is 5.92 Å². The van der Waals surface area contributed by atoms with E-state index in [9.17, 15) is 10.2 Å². The molecule has 0 spiro atoms. The van der Waals surface area contributed by atoms with Gasteiger partial charge in [0.1, 0.15) is 5.60 Å². The molecule has 1 saturated carbocycles. The molecule has 1 aliphatic carbocycles. The Bertz CT molecular complexity index is 223. The van der Waals surface area contributed by atoms with Crippen molar-refractivity contribution in [3.05, 3.63) is 0 Å². The minimum atomic E-state index is -0.715. The normalized spacial score (nSPS) is 32.1. The van der Waals surface area contributed by atoms with Crippen molar-refractivity contribution in [1.82, 2.24) is 5.32 Å². The topological polar surface area (TPSA) is 61.7 Å². The SMILES string of the molecule is OC(CNCC1(O)CCOC1)CC1CCCC1. The van der Waals surface area contributed by atoms with E-state index < -0.39 is 5.60 Å². The van der Waals surface area contributed by atoms with E-state index in [4.69, 9.17) is 4.74 Å². The third-order valence-corrected chi connectivity index (χ3v) is 4.00. The van der Waals surface area contributed by atoms with Crippen molar-refractivity contribution >= 4 is 0 Å². The molecular formula is C13H25NO3. The second kappa shape index (κ2) is 6.14. The van der Waals surface area contributed by atoms with Crippen molar-refractivity contribution in [3.63, 3.8) is 0 Å². The predicted octanol–water partition coefficient (Wildman–Crippen LogP) is 0.669. The molecule has 0 aromatic heterocycles. The summed E-state index contributed by atoms with van der Waals surface area (Å²) in [6.45, 7) is 2.16. The highest BCUT2D eigenvalue weighted by molar-refractivity contribution is 4.85. The fraction of sp³-hybridized carbons (Fsp3) is 1.00. The van der Waals surface area contributed by atoms with Crippen LogP contribution in [0, 0.1) is 5.92 Å². The first kappa shape index (κ1) is 13.3. The Morgan fingerprint density at radius 2 is 2.12 bits per heavy atom. The number of ether oxygens (including phenoxy) is 1. The van der Waals surface area contributed by atoms with Crippen LogP contribution in [-0.2, 0) is 4.74 Å². The number of hydrogen-bond acceptors (Lipinski definition) is 4. The lowest BCUT2D eigenvalue weighted by Gasteiger charge is -2.22. The molecule has 100 valence electrons.